The van der Waals surface area contributed by atoms with E-state index in [-0.39, 0.29) is 6.42 Å². The summed E-state index contributed by atoms with van der Waals surface area (Å²) in [5.41, 5.74) is 4.09. The molecule has 0 spiro atoms. The summed E-state index contributed by atoms with van der Waals surface area (Å²) < 4.78 is 0. The smallest absolute Gasteiger partial charge is 0.326 e. The number of nitrogens with one attached hydrogen (secondary N) is 2. The van der Waals surface area contributed by atoms with E-state index in [1.54, 1.807) is 11.3 Å². The summed E-state index contributed by atoms with van der Waals surface area (Å²) in [4.78, 5) is 20.5. The number of anilines is 1. The largest absolute Gasteiger partial charge is 0.480 e. The number of para-hydroxylation sites is 2. The van der Waals surface area contributed by atoms with Crippen LogP contribution in [0.3, 0.4) is 0 Å². The van der Waals surface area contributed by atoms with E-state index in [2.05, 4.69) is 46.5 Å². The predicted octanol–water partition coefficient (Wildman–Crippen LogP) is 4.71. The molecular formula is C21H19N3O2S. The Bertz CT molecular complexity index is 1050. The molecule has 0 aliphatic carbocycles. The maximum Gasteiger partial charge on any atom is 0.326 e. The first-order valence-electron chi connectivity index (χ1n) is 8.68. The third-order valence-corrected chi connectivity index (χ3v) is 5.46. The van der Waals surface area contributed by atoms with Crippen LogP contribution in [0.5, 0.6) is 0 Å². The molecule has 2 heterocycles. The fourth-order valence-corrected chi connectivity index (χ4v) is 3.92. The van der Waals surface area contributed by atoms with Crippen molar-refractivity contribution in [3.8, 4) is 10.4 Å². The third kappa shape index (κ3) is 3.85. The monoisotopic (exact) mass is 377 g/mol. The fraction of sp³-hybridized carbons (Fsp3) is 0.143. The number of aryl methyl sites for hydroxylation is 1. The van der Waals surface area contributed by atoms with E-state index in [0.29, 0.717) is 5.82 Å². The molecule has 0 bridgehead atoms. The van der Waals surface area contributed by atoms with Gasteiger partial charge in [-0.3, -0.25) is 0 Å². The molecule has 5 nitrogen and oxygen atoms in total. The number of carboxylic acids is 1. The zero-order chi connectivity index (χ0) is 18.8. The predicted molar refractivity (Wildman–Crippen MR) is 109 cm³/mol. The molecule has 2 aromatic heterocycles. The van der Waals surface area contributed by atoms with Crippen molar-refractivity contribution < 1.29 is 9.90 Å². The summed E-state index contributed by atoms with van der Waals surface area (Å²) in [7, 11) is 0. The van der Waals surface area contributed by atoms with Gasteiger partial charge in [0.05, 0.1) is 16.0 Å². The van der Waals surface area contributed by atoms with Crippen LogP contribution < -0.4 is 5.32 Å². The zero-order valence-corrected chi connectivity index (χ0v) is 15.6. The van der Waals surface area contributed by atoms with Crippen molar-refractivity contribution in [2.24, 2.45) is 0 Å². The second kappa shape index (κ2) is 7.25. The summed E-state index contributed by atoms with van der Waals surface area (Å²) in [5.74, 6) is -0.243. The number of aromatic amines is 1. The number of benzene rings is 2. The maximum atomic E-state index is 11.7. The number of nitrogens with zero attached hydrogens (tertiary/aromatic N) is 1. The molecule has 4 rings (SSSR count). The Balaban J connectivity index is 1.51. The lowest BCUT2D eigenvalue weighted by molar-refractivity contribution is -0.137. The summed E-state index contributed by atoms with van der Waals surface area (Å²) >= 11 is 1.55. The van der Waals surface area contributed by atoms with Gasteiger partial charge in [-0.05, 0) is 36.8 Å². The van der Waals surface area contributed by atoms with Crippen LogP contribution in [0.25, 0.3) is 21.5 Å². The number of imidazole rings is 1. The Hall–Kier alpha value is -3.12. The molecule has 0 aliphatic heterocycles. The number of hydrogen-bond acceptors (Lipinski definition) is 4. The first-order valence-corrected chi connectivity index (χ1v) is 9.50. The van der Waals surface area contributed by atoms with Crippen LogP contribution >= 0.6 is 11.3 Å². The average Bonchev–Trinajstić information content (AvgIpc) is 3.28. The Morgan fingerprint density at radius 2 is 1.93 bits per heavy atom. The molecule has 4 aromatic rings. The van der Waals surface area contributed by atoms with Crippen LogP contribution in [0.2, 0.25) is 0 Å². The summed E-state index contributed by atoms with van der Waals surface area (Å²) in [6.07, 6.45) is 0.280. The van der Waals surface area contributed by atoms with Crippen LogP contribution in [-0.4, -0.2) is 27.1 Å². The van der Waals surface area contributed by atoms with Gasteiger partial charge in [-0.15, -0.1) is 11.3 Å². The van der Waals surface area contributed by atoms with Crippen molar-refractivity contribution in [3.63, 3.8) is 0 Å². The van der Waals surface area contributed by atoms with E-state index in [1.165, 1.54) is 5.56 Å². The quantitative estimate of drug-likeness (QED) is 0.455. The highest BCUT2D eigenvalue weighted by molar-refractivity contribution is 7.19. The SMILES string of the molecule is Cc1ccc(-c2ccc(N[C@@H](Cc3nc4ccccc4[nH]3)C(=O)O)s2)cc1. The minimum absolute atomic E-state index is 0.280. The Morgan fingerprint density at radius 3 is 2.67 bits per heavy atom. The number of carboxylic acid groups (broad SMARTS) is 1. The number of aliphatic carboxylic acids is 1. The molecule has 0 aliphatic rings. The molecule has 0 unspecified atom stereocenters. The summed E-state index contributed by atoms with van der Waals surface area (Å²) in [6.45, 7) is 2.06. The van der Waals surface area contributed by atoms with Gasteiger partial charge in [-0.2, -0.15) is 0 Å². The van der Waals surface area contributed by atoms with E-state index in [9.17, 15) is 9.90 Å². The van der Waals surface area contributed by atoms with Gasteiger partial charge >= 0.3 is 5.97 Å². The van der Waals surface area contributed by atoms with Crippen molar-refractivity contribution in [2.45, 2.75) is 19.4 Å². The number of thiophene rings is 1. The summed E-state index contributed by atoms with van der Waals surface area (Å²) in [5, 5.41) is 13.6. The van der Waals surface area contributed by atoms with Crippen molar-refractivity contribution in [1.82, 2.24) is 9.97 Å². The maximum absolute atomic E-state index is 11.7. The number of hydrogen-bond donors (Lipinski definition) is 3. The Kier molecular flexibility index (Phi) is 4.64. The minimum Gasteiger partial charge on any atom is -0.480 e. The third-order valence-electron chi connectivity index (χ3n) is 4.39. The second-order valence-corrected chi connectivity index (χ2v) is 7.55. The molecule has 0 saturated heterocycles. The normalized spacial score (nSPS) is 12.2. The van der Waals surface area contributed by atoms with E-state index in [0.717, 1.165) is 26.5 Å². The number of rotatable bonds is 6. The second-order valence-electron chi connectivity index (χ2n) is 6.47. The first-order chi connectivity index (χ1) is 13.1. The van der Waals surface area contributed by atoms with Crippen LogP contribution in [0.15, 0.2) is 60.7 Å². The van der Waals surface area contributed by atoms with Crippen molar-refractivity contribution >= 4 is 33.3 Å². The lowest BCUT2D eigenvalue weighted by atomic mass is 10.1. The first kappa shape index (κ1) is 17.3. The molecule has 0 saturated carbocycles. The highest BCUT2D eigenvalue weighted by Crippen LogP contribution is 2.32. The van der Waals surface area contributed by atoms with Crippen LogP contribution in [0, 0.1) is 6.92 Å². The topological polar surface area (TPSA) is 78.0 Å². The van der Waals surface area contributed by atoms with Gasteiger partial charge in [0, 0.05) is 11.3 Å². The Labute approximate surface area is 160 Å². The molecule has 27 heavy (non-hydrogen) atoms. The number of aromatic nitrogens is 2. The molecule has 0 radical (unpaired) electrons. The van der Waals surface area contributed by atoms with Gasteiger partial charge in [-0.1, -0.05) is 42.0 Å². The van der Waals surface area contributed by atoms with Crippen LogP contribution in [0.1, 0.15) is 11.4 Å². The molecule has 0 amide bonds. The van der Waals surface area contributed by atoms with E-state index in [1.807, 2.05) is 36.4 Å². The van der Waals surface area contributed by atoms with Crippen LogP contribution in [0.4, 0.5) is 5.00 Å². The van der Waals surface area contributed by atoms with Gasteiger partial charge in [0.1, 0.15) is 11.9 Å². The number of H-pyrrole nitrogens is 1. The zero-order valence-electron chi connectivity index (χ0n) is 14.8. The van der Waals surface area contributed by atoms with Crippen LogP contribution in [-0.2, 0) is 11.2 Å². The average molecular weight is 377 g/mol. The van der Waals surface area contributed by atoms with Gasteiger partial charge in [0.2, 0.25) is 0 Å². The highest BCUT2D eigenvalue weighted by Gasteiger charge is 2.20. The lowest BCUT2D eigenvalue weighted by Crippen LogP contribution is -2.31. The molecule has 3 N–H and O–H groups in total. The molecule has 1 atom stereocenters. The molecule has 136 valence electrons. The number of fused-ring (bicyclic) bond motifs is 1. The number of carbonyl (C=O) groups is 1. The van der Waals surface area contributed by atoms with Crippen molar-refractivity contribution in [2.75, 3.05) is 5.32 Å². The van der Waals surface area contributed by atoms with Crippen molar-refractivity contribution in [1.29, 1.82) is 0 Å². The molecule has 0 fully saturated rings. The standard InChI is InChI=1S/C21H19N3O2S/c1-13-6-8-14(9-7-13)18-10-11-20(27-18)24-17(21(25)26)12-19-22-15-4-2-3-5-16(15)23-19/h2-11,17,24H,12H2,1H3,(H,22,23)(H,25,26)/t17-/m0/s1. The van der Waals surface area contributed by atoms with Gasteiger partial charge in [0.15, 0.2) is 0 Å². The van der Waals surface area contributed by atoms with Gasteiger partial charge < -0.3 is 15.4 Å². The molecule has 2 aromatic carbocycles. The lowest BCUT2D eigenvalue weighted by Gasteiger charge is -2.12. The molecular weight excluding hydrogens is 358 g/mol. The Morgan fingerprint density at radius 1 is 1.15 bits per heavy atom. The summed E-state index contributed by atoms with van der Waals surface area (Å²) in [6, 6.07) is 19.2. The van der Waals surface area contributed by atoms with Gasteiger partial charge in [0.25, 0.3) is 0 Å². The van der Waals surface area contributed by atoms with Crippen molar-refractivity contribution in [3.05, 3.63) is 72.1 Å². The fourth-order valence-electron chi connectivity index (χ4n) is 2.96. The minimum atomic E-state index is -0.902. The van der Waals surface area contributed by atoms with Gasteiger partial charge in [-0.25, -0.2) is 9.78 Å². The highest BCUT2D eigenvalue weighted by atomic mass is 32.1. The van der Waals surface area contributed by atoms with E-state index >= 15 is 0 Å². The van der Waals surface area contributed by atoms with E-state index < -0.39 is 12.0 Å². The molecule has 6 heteroatoms. The van der Waals surface area contributed by atoms with E-state index in [4.69, 9.17) is 0 Å².